The maximum atomic E-state index is 12.6. The Morgan fingerprint density at radius 3 is 2.26 bits per heavy atom. The molecule has 1 fully saturated rings. The number of amidine groups is 1. The molecule has 0 aromatic heterocycles. The van der Waals surface area contributed by atoms with Crippen LogP contribution >= 0.6 is 0 Å². The Kier molecular flexibility index (Phi) is 7.76. The maximum Gasteiger partial charge on any atom is 0.413 e. The van der Waals surface area contributed by atoms with E-state index in [4.69, 9.17) is 15.3 Å². The van der Waals surface area contributed by atoms with Crippen LogP contribution in [0.1, 0.15) is 43.9 Å². The summed E-state index contributed by atoms with van der Waals surface area (Å²) in [5.41, 5.74) is 3.42. The highest BCUT2D eigenvalue weighted by molar-refractivity contribution is 6.43. The fraction of sp³-hybridized carbons (Fsp3) is 0.241. The Morgan fingerprint density at radius 1 is 1.03 bits per heavy atom. The number of amides is 1. The molecule has 0 heterocycles. The molecule has 1 aliphatic carbocycles. The number of nitrogens with zero attached hydrogens (tertiary/aromatic N) is 2. The molecule has 0 bridgehead atoms. The number of carboxylic acids is 1. The molecule has 1 saturated carbocycles. The fourth-order valence-electron chi connectivity index (χ4n) is 4.14. The van der Waals surface area contributed by atoms with E-state index in [9.17, 15) is 14.7 Å². The van der Waals surface area contributed by atoms with Crippen molar-refractivity contribution >= 4 is 29.3 Å². The molecule has 0 radical (unpaired) electrons. The van der Waals surface area contributed by atoms with E-state index in [2.05, 4.69) is 15.4 Å². The minimum Gasteiger partial charge on any atom is -0.494 e. The SMILES string of the molecule is COc1cc(-c2ccc(C3(C(=O)O)CC3)cc2)ccc1N=C(NC(=O)O[C@H](C)c1ccccc1)/C(C)=N\N. The van der Waals surface area contributed by atoms with Gasteiger partial charge in [0.25, 0.3) is 0 Å². The number of nitrogens with two attached hydrogens (primary N) is 1. The van der Waals surface area contributed by atoms with Crippen LogP contribution < -0.4 is 15.9 Å². The monoisotopic (exact) mass is 514 g/mol. The van der Waals surface area contributed by atoms with Crippen molar-refractivity contribution < 1.29 is 24.2 Å². The molecule has 38 heavy (non-hydrogen) atoms. The van der Waals surface area contributed by atoms with Gasteiger partial charge in [0.05, 0.1) is 18.2 Å². The number of alkyl carbamates (subject to hydrolysis) is 1. The number of hydrogen-bond acceptors (Lipinski definition) is 7. The summed E-state index contributed by atoms with van der Waals surface area (Å²) in [6.45, 7) is 3.39. The van der Waals surface area contributed by atoms with E-state index >= 15 is 0 Å². The van der Waals surface area contributed by atoms with Gasteiger partial charge in [0.15, 0.2) is 5.84 Å². The second-order valence-electron chi connectivity index (χ2n) is 9.11. The maximum absolute atomic E-state index is 12.6. The minimum absolute atomic E-state index is 0.122. The molecule has 196 valence electrons. The summed E-state index contributed by atoms with van der Waals surface area (Å²) in [6, 6.07) is 22.3. The first-order valence-corrected chi connectivity index (χ1v) is 12.2. The average Bonchev–Trinajstić information content (AvgIpc) is 3.75. The second kappa shape index (κ2) is 11.2. The Bertz CT molecular complexity index is 1380. The normalized spacial score (nSPS) is 15.3. The van der Waals surface area contributed by atoms with Gasteiger partial charge in [-0.15, -0.1) is 0 Å². The number of aliphatic carboxylic acids is 1. The zero-order chi connectivity index (χ0) is 27.3. The molecular weight excluding hydrogens is 484 g/mol. The van der Waals surface area contributed by atoms with Gasteiger partial charge in [-0.25, -0.2) is 9.79 Å². The van der Waals surface area contributed by atoms with Gasteiger partial charge in [-0.2, -0.15) is 5.10 Å². The molecule has 3 aromatic carbocycles. The van der Waals surface area contributed by atoms with Gasteiger partial charge in [-0.05, 0) is 61.1 Å². The van der Waals surface area contributed by atoms with Gasteiger partial charge in [0, 0.05) is 0 Å². The molecule has 0 aliphatic heterocycles. The van der Waals surface area contributed by atoms with Crippen molar-refractivity contribution in [3.8, 4) is 16.9 Å². The van der Waals surface area contributed by atoms with Crippen LogP contribution in [0, 0.1) is 0 Å². The highest BCUT2D eigenvalue weighted by Crippen LogP contribution is 2.48. The molecule has 9 nitrogen and oxygen atoms in total. The highest BCUT2D eigenvalue weighted by atomic mass is 16.6. The summed E-state index contributed by atoms with van der Waals surface area (Å²) in [4.78, 5) is 28.8. The first-order valence-electron chi connectivity index (χ1n) is 12.2. The quantitative estimate of drug-likeness (QED) is 0.161. The number of carbonyl (C=O) groups excluding carboxylic acids is 1. The smallest absolute Gasteiger partial charge is 0.413 e. The minimum atomic E-state index is -0.784. The Balaban J connectivity index is 1.55. The van der Waals surface area contributed by atoms with E-state index in [-0.39, 0.29) is 5.84 Å². The summed E-state index contributed by atoms with van der Waals surface area (Å²) in [5, 5.41) is 15.8. The molecule has 9 heteroatoms. The van der Waals surface area contributed by atoms with E-state index in [1.54, 1.807) is 19.9 Å². The van der Waals surface area contributed by atoms with Crippen molar-refractivity contribution in [2.45, 2.75) is 38.2 Å². The van der Waals surface area contributed by atoms with Gasteiger partial charge >= 0.3 is 12.1 Å². The van der Waals surface area contributed by atoms with Crippen molar-refractivity contribution in [1.82, 2.24) is 5.32 Å². The second-order valence-corrected chi connectivity index (χ2v) is 9.11. The highest BCUT2D eigenvalue weighted by Gasteiger charge is 2.51. The van der Waals surface area contributed by atoms with E-state index in [1.807, 2.05) is 66.7 Å². The molecule has 4 rings (SSSR count). The number of carbonyl (C=O) groups is 2. The van der Waals surface area contributed by atoms with Gasteiger partial charge in [-0.1, -0.05) is 60.7 Å². The van der Waals surface area contributed by atoms with Crippen molar-refractivity contribution in [2.24, 2.45) is 15.9 Å². The molecule has 0 saturated heterocycles. The largest absolute Gasteiger partial charge is 0.494 e. The molecular formula is C29H30N4O5. The van der Waals surface area contributed by atoms with Crippen LogP contribution in [0.25, 0.3) is 11.1 Å². The lowest BCUT2D eigenvalue weighted by Gasteiger charge is -2.15. The third kappa shape index (κ3) is 5.67. The van der Waals surface area contributed by atoms with Crippen LogP contribution in [0.15, 0.2) is 82.9 Å². The Labute approximate surface area is 221 Å². The van der Waals surface area contributed by atoms with E-state index < -0.39 is 23.6 Å². The van der Waals surface area contributed by atoms with Crippen LogP contribution in [0.4, 0.5) is 10.5 Å². The average molecular weight is 515 g/mol. The van der Waals surface area contributed by atoms with Crippen LogP contribution in [-0.2, 0) is 14.9 Å². The summed E-state index contributed by atoms with van der Waals surface area (Å²) in [6.07, 6.45) is 0.137. The third-order valence-corrected chi connectivity index (χ3v) is 6.65. The molecule has 3 aromatic rings. The van der Waals surface area contributed by atoms with Crippen LogP contribution in [0.2, 0.25) is 0 Å². The van der Waals surface area contributed by atoms with Gasteiger partial charge in [0.2, 0.25) is 0 Å². The molecule has 1 atom stereocenters. The van der Waals surface area contributed by atoms with Crippen molar-refractivity contribution in [2.75, 3.05) is 7.11 Å². The van der Waals surface area contributed by atoms with Crippen molar-refractivity contribution in [3.63, 3.8) is 0 Å². The van der Waals surface area contributed by atoms with Gasteiger partial charge in [0.1, 0.15) is 17.5 Å². The van der Waals surface area contributed by atoms with Crippen LogP contribution in [0.3, 0.4) is 0 Å². The molecule has 1 aliphatic rings. The number of hydrazone groups is 1. The first kappa shape index (κ1) is 26.4. The van der Waals surface area contributed by atoms with Gasteiger partial charge < -0.3 is 20.4 Å². The van der Waals surface area contributed by atoms with E-state index in [0.717, 1.165) is 22.3 Å². The number of benzene rings is 3. The predicted molar refractivity (Wildman–Crippen MR) is 146 cm³/mol. The lowest BCUT2D eigenvalue weighted by Crippen LogP contribution is -2.36. The number of rotatable bonds is 8. The number of methoxy groups -OCH3 is 1. The Morgan fingerprint density at radius 2 is 1.68 bits per heavy atom. The van der Waals surface area contributed by atoms with Crippen LogP contribution in [-0.4, -0.2) is 35.8 Å². The zero-order valence-corrected chi connectivity index (χ0v) is 21.5. The lowest BCUT2D eigenvalue weighted by molar-refractivity contribution is -0.140. The molecule has 0 unspecified atom stereocenters. The molecule has 0 spiro atoms. The number of hydrogen-bond donors (Lipinski definition) is 3. The topological polar surface area (TPSA) is 136 Å². The lowest BCUT2D eigenvalue weighted by atomic mass is 9.94. The summed E-state index contributed by atoms with van der Waals surface area (Å²) in [7, 11) is 1.53. The van der Waals surface area contributed by atoms with E-state index in [1.165, 1.54) is 7.11 Å². The first-order chi connectivity index (χ1) is 18.3. The molecule has 1 amide bonds. The van der Waals surface area contributed by atoms with Crippen molar-refractivity contribution in [3.05, 3.63) is 83.9 Å². The predicted octanol–water partition coefficient (Wildman–Crippen LogP) is 5.33. The Hall–Kier alpha value is -4.66. The molecule has 4 N–H and O–H groups in total. The van der Waals surface area contributed by atoms with Crippen LogP contribution in [0.5, 0.6) is 5.75 Å². The standard InChI is InChI=1S/C29H30N4O5/c1-18(33-30)26(32-28(36)38-19(2)20-7-5-4-6-8-20)31-24-14-11-22(17-25(24)37-3)21-9-12-23(13-10-21)29(15-16-29)27(34)35/h4-14,17,19H,15-16,30H2,1-3H3,(H,34,35)(H,31,32,36)/b33-18-/t19-/m1/s1. The van der Waals surface area contributed by atoms with E-state index in [0.29, 0.717) is 30.0 Å². The zero-order valence-electron chi connectivity index (χ0n) is 21.5. The fourth-order valence-corrected chi connectivity index (χ4v) is 4.14. The number of carboxylic acid groups (broad SMARTS) is 1. The van der Waals surface area contributed by atoms with Crippen molar-refractivity contribution in [1.29, 1.82) is 0 Å². The summed E-state index contributed by atoms with van der Waals surface area (Å²) >= 11 is 0. The summed E-state index contributed by atoms with van der Waals surface area (Å²) < 4.78 is 11.1. The third-order valence-electron chi connectivity index (χ3n) is 6.65. The van der Waals surface area contributed by atoms with Gasteiger partial charge in [-0.3, -0.25) is 10.1 Å². The summed E-state index contributed by atoms with van der Waals surface area (Å²) in [5.74, 6) is 5.28. The number of ether oxygens (including phenoxy) is 2. The number of nitrogens with one attached hydrogen (secondary N) is 1. The number of aliphatic imine (C=N–C) groups is 1.